The quantitative estimate of drug-likeness (QED) is 0.851. The second-order valence-corrected chi connectivity index (χ2v) is 5.19. The van der Waals surface area contributed by atoms with Crippen LogP contribution in [-0.4, -0.2) is 13.2 Å². The molecule has 0 aliphatic heterocycles. The van der Waals surface area contributed by atoms with Crippen LogP contribution in [0.3, 0.4) is 0 Å². The number of nitrogens with one attached hydrogen (secondary N) is 1. The highest BCUT2D eigenvalue weighted by Gasteiger charge is 2.12. The minimum absolute atomic E-state index is 0.111. The van der Waals surface area contributed by atoms with E-state index in [-0.39, 0.29) is 6.61 Å². The molecule has 0 saturated heterocycles. The van der Waals surface area contributed by atoms with Crippen molar-refractivity contribution in [2.24, 2.45) is 5.92 Å². The van der Waals surface area contributed by atoms with Crippen molar-refractivity contribution in [3.8, 4) is 11.8 Å². The zero-order valence-corrected chi connectivity index (χ0v) is 11.4. The molecule has 1 aliphatic rings. The Labute approximate surface area is 115 Å². The standard InChI is InChI=1S/C16H22N2O/c17-10-11-19-16-9-5-4-8-15(16)13-18-12-14-6-2-1-3-7-14/h4-5,8-9,14,18H,1-3,6-7,11-13H2. The van der Waals surface area contributed by atoms with Gasteiger partial charge >= 0.3 is 0 Å². The minimum Gasteiger partial charge on any atom is -0.478 e. The van der Waals surface area contributed by atoms with Crippen molar-refractivity contribution in [1.29, 1.82) is 5.26 Å². The summed E-state index contributed by atoms with van der Waals surface area (Å²) >= 11 is 0. The lowest BCUT2D eigenvalue weighted by atomic mass is 9.89. The lowest BCUT2D eigenvalue weighted by Crippen LogP contribution is -2.24. The Morgan fingerprint density at radius 1 is 1.21 bits per heavy atom. The van der Waals surface area contributed by atoms with Gasteiger partial charge in [-0.3, -0.25) is 0 Å². The molecule has 1 saturated carbocycles. The van der Waals surface area contributed by atoms with Crippen LogP contribution in [0.5, 0.6) is 5.75 Å². The summed E-state index contributed by atoms with van der Waals surface area (Å²) in [7, 11) is 0. The first-order valence-corrected chi connectivity index (χ1v) is 7.18. The molecule has 0 spiro atoms. The third-order valence-corrected chi connectivity index (χ3v) is 3.74. The zero-order valence-electron chi connectivity index (χ0n) is 11.4. The average Bonchev–Trinajstić information content (AvgIpc) is 2.47. The summed E-state index contributed by atoms with van der Waals surface area (Å²) in [5.41, 5.74) is 1.13. The van der Waals surface area contributed by atoms with Crippen LogP contribution in [0.15, 0.2) is 24.3 Å². The van der Waals surface area contributed by atoms with Gasteiger partial charge in [0.2, 0.25) is 0 Å². The van der Waals surface area contributed by atoms with Gasteiger partial charge in [-0.25, -0.2) is 0 Å². The monoisotopic (exact) mass is 258 g/mol. The highest BCUT2D eigenvalue weighted by molar-refractivity contribution is 5.33. The van der Waals surface area contributed by atoms with Gasteiger partial charge in [0.05, 0.1) is 0 Å². The summed E-state index contributed by atoms with van der Waals surface area (Å²) in [5.74, 6) is 1.65. The fourth-order valence-corrected chi connectivity index (χ4v) is 2.70. The largest absolute Gasteiger partial charge is 0.478 e. The summed E-state index contributed by atoms with van der Waals surface area (Å²) in [6.45, 7) is 2.02. The maximum atomic E-state index is 8.57. The molecule has 0 bridgehead atoms. The Balaban J connectivity index is 1.79. The topological polar surface area (TPSA) is 45.0 Å². The van der Waals surface area contributed by atoms with Crippen LogP contribution in [0, 0.1) is 17.2 Å². The Morgan fingerprint density at radius 2 is 2.00 bits per heavy atom. The van der Waals surface area contributed by atoms with Gasteiger partial charge in [0, 0.05) is 12.1 Å². The van der Waals surface area contributed by atoms with Crippen LogP contribution in [0.1, 0.15) is 37.7 Å². The number of nitriles is 1. The van der Waals surface area contributed by atoms with Crippen LogP contribution in [-0.2, 0) is 6.54 Å². The van der Waals surface area contributed by atoms with Crippen molar-refractivity contribution in [3.63, 3.8) is 0 Å². The second kappa shape index (κ2) is 7.81. The first-order chi connectivity index (χ1) is 9.40. The number of benzene rings is 1. The molecule has 2 rings (SSSR count). The van der Waals surface area contributed by atoms with Crippen molar-refractivity contribution in [3.05, 3.63) is 29.8 Å². The van der Waals surface area contributed by atoms with Crippen molar-refractivity contribution < 1.29 is 4.74 Å². The molecule has 0 unspecified atom stereocenters. The molecule has 0 atom stereocenters. The first kappa shape index (κ1) is 13.9. The van der Waals surface area contributed by atoms with Gasteiger partial charge in [-0.15, -0.1) is 0 Å². The number of ether oxygens (including phenoxy) is 1. The van der Waals surface area contributed by atoms with Gasteiger partial charge in [-0.05, 0) is 31.4 Å². The third-order valence-electron chi connectivity index (χ3n) is 3.74. The summed E-state index contributed by atoms with van der Waals surface area (Å²) in [5, 5.41) is 12.1. The third kappa shape index (κ3) is 4.57. The second-order valence-electron chi connectivity index (χ2n) is 5.19. The van der Waals surface area contributed by atoms with Gasteiger partial charge in [-0.2, -0.15) is 5.26 Å². The number of hydrogen-bond acceptors (Lipinski definition) is 3. The molecule has 1 aromatic rings. The summed E-state index contributed by atoms with van der Waals surface area (Å²) in [6, 6.07) is 9.94. The van der Waals surface area contributed by atoms with Crippen LogP contribution >= 0.6 is 0 Å². The Kier molecular flexibility index (Phi) is 5.71. The number of rotatable bonds is 6. The van der Waals surface area contributed by atoms with E-state index in [1.165, 1.54) is 32.1 Å². The lowest BCUT2D eigenvalue weighted by Gasteiger charge is -2.22. The average molecular weight is 258 g/mol. The fraction of sp³-hybridized carbons (Fsp3) is 0.562. The minimum atomic E-state index is 0.111. The van der Waals surface area contributed by atoms with E-state index in [4.69, 9.17) is 10.00 Å². The highest BCUT2D eigenvalue weighted by atomic mass is 16.5. The molecule has 3 heteroatoms. The van der Waals surface area contributed by atoms with E-state index in [0.717, 1.165) is 30.3 Å². The normalized spacial score (nSPS) is 15.9. The predicted octanol–water partition coefficient (Wildman–Crippen LogP) is 3.26. The molecule has 1 N–H and O–H groups in total. The number of para-hydroxylation sites is 1. The van der Waals surface area contributed by atoms with Crippen molar-refractivity contribution in [1.82, 2.24) is 5.32 Å². The van der Waals surface area contributed by atoms with Gasteiger partial charge < -0.3 is 10.1 Å². The Hall–Kier alpha value is -1.53. The van der Waals surface area contributed by atoms with Crippen LogP contribution in [0.25, 0.3) is 0 Å². The molecule has 1 fully saturated rings. The number of nitrogens with zero attached hydrogens (tertiary/aromatic N) is 1. The van der Waals surface area contributed by atoms with Crippen molar-refractivity contribution >= 4 is 0 Å². The molecule has 0 aromatic heterocycles. The molecular formula is C16H22N2O. The van der Waals surface area contributed by atoms with E-state index in [0.29, 0.717) is 0 Å². The summed E-state index contributed by atoms with van der Waals surface area (Å²) in [6.07, 6.45) is 6.89. The zero-order chi connectivity index (χ0) is 13.3. The molecule has 0 radical (unpaired) electrons. The van der Waals surface area contributed by atoms with Gasteiger partial charge in [0.1, 0.15) is 11.8 Å². The molecule has 19 heavy (non-hydrogen) atoms. The summed E-state index contributed by atoms with van der Waals surface area (Å²) < 4.78 is 5.43. The molecule has 102 valence electrons. The molecule has 0 heterocycles. The summed E-state index contributed by atoms with van der Waals surface area (Å²) in [4.78, 5) is 0. The number of hydrogen-bond donors (Lipinski definition) is 1. The Morgan fingerprint density at radius 3 is 2.79 bits per heavy atom. The van der Waals surface area contributed by atoms with E-state index in [2.05, 4.69) is 11.4 Å². The molecular weight excluding hydrogens is 236 g/mol. The van der Waals surface area contributed by atoms with Crippen molar-refractivity contribution in [2.75, 3.05) is 13.2 Å². The molecule has 0 amide bonds. The van der Waals surface area contributed by atoms with E-state index < -0.39 is 0 Å². The fourth-order valence-electron chi connectivity index (χ4n) is 2.70. The van der Waals surface area contributed by atoms with E-state index >= 15 is 0 Å². The van der Waals surface area contributed by atoms with Crippen LogP contribution in [0.2, 0.25) is 0 Å². The maximum absolute atomic E-state index is 8.57. The molecule has 1 aliphatic carbocycles. The molecule has 3 nitrogen and oxygen atoms in total. The van der Waals surface area contributed by atoms with Crippen molar-refractivity contribution in [2.45, 2.75) is 38.6 Å². The van der Waals surface area contributed by atoms with E-state index in [9.17, 15) is 0 Å². The van der Waals surface area contributed by atoms with Crippen LogP contribution in [0.4, 0.5) is 0 Å². The predicted molar refractivity (Wildman–Crippen MR) is 75.8 cm³/mol. The lowest BCUT2D eigenvalue weighted by molar-refractivity contribution is 0.337. The van der Waals surface area contributed by atoms with E-state index in [1.807, 2.05) is 24.3 Å². The van der Waals surface area contributed by atoms with Gasteiger partial charge in [0.25, 0.3) is 0 Å². The Bertz CT molecular complexity index is 419. The van der Waals surface area contributed by atoms with E-state index in [1.54, 1.807) is 0 Å². The van der Waals surface area contributed by atoms with Crippen LogP contribution < -0.4 is 10.1 Å². The first-order valence-electron chi connectivity index (χ1n) is 7.18. The highest BCUT2D eigenvalue weighted by Crippen LogP contribution is 2.23. The van der Waals surface area contributed by atoms with Gasteiger partial charge in [-0.1, -0.05) is 37.5 Å². The molecule has 1 aromatic carbocycles. The van der Waals surface area contributed by atoms with Gasteiger partial charge in [0.15, 0.2) is 6.61 Å². The smallest absolute Gasteiger partial charge is 0.174 e. The maximum Gasteiger partial charge on any atom is 0.174 e. The SMILES string of the molecule is N#CCOc1ccccc1CNCC1CCCCC1.